The Morgan fingerprint density at radius 1 is 1.14 bits per heavy atom. The van der Waals surface area contributed by atoms with Gasteiger partial charge in [-0.05, 0) is 35.6 Å². The number of para-hydroxylation sites is 1. The molecule has 0 saturated carbocycles. The zero-order valence-corrected chi connectivity index (χ0v) is 13.1. The van der Waals surface area contributed by atoms with Crippen molar-refractivity contribution in [3.05, 3.63) is 65.2 Å². The van der Waals surface area contributed by atoms with Gasteiger partial charge in [0.15, 0.2) is 0 Å². The average Bonchev–Trinajstić information content (AvgIpc) is 2.55. The van der Waals surface area contributed by atoms with Gasteiger partial charge in [0.1, 0.15) is 5.75 Å². The van der Waals surface area contributed by atoms with E-state index in [2.05, 4.69) is 43.3 Å². The molecule has 2 aromatic carbocycles. The molecule has 0 fully saturated rings. The van der Waals surface area contributed by atoms with Gasteiger partial charge in [0, 0.05) is 5.92 Å². The summed E-state index contributed by atoms with van der Waals surface area (Å²) in [5.41, 5.74) is 3.83. The van der Waals surface area contributed by atoms with Crippen molar-refractivity contribution in [2.75, 3.05) is 6.61 Å². The largest absolute Gasteiger partial charge is 0.493 e. The van der Waals surface area contributed by atoms with Gasteiger partial charge in [-0.2, -0.15) is 0 Å². The summed E-state index contributed by atoms with van der Waals surface area (Å²) in [7, 11) is 0. The van der Waals surface area contributed by atoms with Crippen LogP contribution >= 0.6 is 11.6 Å². The Hall–Kier alpha value is -1.47. The Kier molecular flexibility index (Phi) is 4.50. The van der Waals surface area contributed by atoms with Crippen LogP contribution in [0.25, 0.3) is 0 Å². The van der Waals surface area contributed by atoms with Crippen LogP contribution in [0.2, 0.25) is 0 Å². The molecule has 2 atom stereocenters. The van der Waals surface area contributed by atoms with E-state index in [0.29, 0.717) is 5.92 Å². The molecule has 2 unspecified atom stereocenters. The van der Waals surface area contributed by atoms with Gasteiger partial charge in [-0.25, -0.2) is 0 Å². The van der Waals surface area contributed by atoms with Crippen molar-refractivity contribution >= 4 is 11.6 Å². The molecule has 3 rings (SSSR count). The van der Waals surface area contributed by atoms with Gasteiger partial charge < -0.3 is 4.74 Å². The summed E-state index contributed by atoms with van der Waals surface area (Å²) in [5.74, 6) is 1.32. The van der Waals surface area contributed by atoms with E-state index in [4.69, 9.17) is 16.3 Å². The minimum absolute atomic E-state index is 0.00530. The molecule has 0 aromatic heterocycles. The molecule has 0 amide bonds. The van der Waals surface area contributed by atoms with E-state index in [1.165, 1.54) is 23.1 Å². The third-order valence-electron chi connectivity index (χ3n) is 4.20. The predicted molar refractivity (Wildman–Crippen MR) is 88.3 cm³/mol. The number of ether oxygens (including phenoxy) is 1. The Morgan fingerprint density at radius 3 is 2.67 bits per heavy atom. The first kappa shape index (κ1) is 14.5. The summed E-state index contributed by atoms with van der Waals surface area (Å²) in [6.45, 7) is 2.95. The van der Waals surface area contributed by atoms with Gasteiger partial charge in [-0.1, -0.05) is 55.8 Å². The highest BCUT2D eigenvalue weighted by molar-refractivity contribution is 6.21. The minimum Gasteiger partial charge on any atom is -0.493 e. The molecule has 2 aromatic rings. The van der Waals surface area contributed by atoms with Crippen LogP contribution < -0.4 is 4.74 Å². The molecular formula is C19H21ClO. The van der Waals surface area contributed by atoms with Gasteiger partial charge in [0.2, 0.25) is 0 Å². The highest BCUT2D eigenvalue weighted by atomic mass is 35.5. The summed E-state index contributed by atoms with van der Waals surface area (Å²) >= 11 is 6.79. The Balaban J connectivity index is 1.84. The molecule has 0 radical (unpaired) electrons. The first-order valence-corrected chi connectivity index (χ1v) is 8.18. The summed E-state index contributed by atoms with van der Waals surface area (Å²) in [6, 6.07) is 17.0. The maximum Gasteiger partial charge on any atom is 0.122 e. The quantitative estimate of drug-likeness (QED) is 0.679. The second-order valence-electron chi connectivity index (χ2n) is 5.67. The fourth-order valence-electron chi connectivity index (χ4n) is 3.06. The van der Waals surface area contributed by atoms with E-state index < -0.39 is 0 Å². The fraction of sp³-hybridized carbons (Fsp3) is 0.368. The molecular weight excluding hydrogens is 280 g/mol. The van der Waals surface area contributed by atoms with Crippen LogP contribution in [0.5, 0.6) is 5.75 Å². The molecule has 110 valence electrons. The van der Waals surface area contributed by atoms with Gasteiger partial charge in [-0.3, -0.25) is 0 Å². The maximum absolute atomic E-state index is 6.79. The van der Waals surface area contributed by atoms with Crippen LogP contribution in [0, 0.1) is 0 Å². The topological polar surface area (TPSA) is 9.23 Å². The van der Waals surface area contributed by atoms with Crippen LogP contribution in [-0.4, -0.2) is 6.61 Å². The highest BCUT2D eigenvalue weighted by Gasteiger charge is 2.28. The smallest absolute Gasteiger partial charge is 0.122 e. The van der Waals surface area contributed by atoms with Crippen molar-refractivity contribution in [1.29, 1.82) is 0 Å². The first-order valence-electron chi connectivity index (χ1n) is 7.74. The van der Waals surface area contributed by atoms with Crippen molar-refractivity contribution in [2.24, 2.45) is 0 Å². The zero-order valence-electron chi connectivity index (χ0n) is 12.4. The third kappa shape index (κ3) is 3.08. The second kappa shape index (κ2) is 6.53. The standard InChI is InChI=1S/C19H21ClO/c1-2-5-14-8-10-15(11-9-14)19(20)17-12-13-21-18-7-4-3-6-16(17)18/h3-4,6-11,17,19H,2,5,12-13H2,1H3. The first-order chi connectivity index (χ1) is 10.3. The number of benzene rings is 2. The molecule has 0 spiro atoms. The van der Waals surface area contributed by atoms with Crippen molar-refractivity contribution < 1.29 is 4.74 Å². The number of halogens is 1. The van der Waals surface area contributed by atoms with E-state index in [1.807, 2.05) is 12.1 Å². The summed E-state index contributed by atoms with van der Waals surface area (Å²) in [4.78, 5) is 0. The lowest BCUT2D eigenvalue weighted by atomic mass is 9.87. The normalized spacial score (nSPS) is 18.7. The van der Waals surface area contributed by atoms with Crippen molar-refractivity contribution in [2.45, 2.75) is 37.5 Å². The number of fused-ring (bicyclic) bond motifs is 1. The van der Waals surface area contributed by atoms with E-state index >= 15 is 0 Å². The van der Waals surface area contributed by atoms with Crippen molar-refractivity contribution in [3.8, 4) is 5.75 Å². The Morgan fingerprint density at radius 2 is 1.90 bits per heavy atom. The van der Waals surface area contributed by atoms with E-state index in [9.17, 15) is 0 Å². The summed E-state index contributed by atoms with van der Waals surface area (Å²) < 4.78 is 5.73. The number of rotatable bonds is 4. The molecule has 1 heterocycles. The molecule has 1 nitrogen and oxygen atoms in total. The Bertz CT molecular complexity index is 591. The van der Waals surface area contributed by atoms with Gasteiger partial charge in [0.05, 0.1) is 12.0 Å². The Labute approximate surface area is 131 Å². The van der Waals surface area contributed by atoms with Gasteiger partial charge >= 0.3 is 0 Å². The maximum atomic E-state index is 6.79. The molecule has 1 aliphatic rings. The number of hydrogen-bond donors (Lipinski definition) is 0. The number of hydrogen-bond acceptors (Lipinski definition) is 1. The zero-order chi connectivity index (χ0) is 14.7. The van der Waals surface area contributed by atoms with E-state index in [-0.39, 0.29) is 5.38 Å². The van der Waals surface area contributed by atoms with E-state index in [0.717, 1.165) is 25.2 Å². The molecule has 2 heteroatoms. The van der Waals surface area contributed by atoms with Crippen LogP contribution in [0.4, 0.5) is 0 Å². The lowest BCUT2D eigenvalue weighted by molar-refractivity contribution is 0.265. The third-order valence-corrected chi connectivity index (χ3v) is 4.75. The molecule has 0 aliphatic carbocycles. The van der Waals surface area contributed by atoms with Crippen LogP contribution in [0.3, 0.4) is 0 Å². The molecule has 0 N–H and O–H groups in total. The van der Waals surface area contributed by atoms with Gasteiger partial charge in [-0.15, -0.1) is 11.6 Å². The van der Waals surface area contributed by atoms with Crippen LogP contribution in [-0.2, 0) is 6.42 Å². The lowest BCUT2D eigenvalue weighted by Crippen LogP contribution is -2.17. The predicted octanol–water partition coefficient (Wildman–Crippen LogP) is 5.49. The number of alkyl halides is 1. The molecule has 21 heavy (non-hydrogen) atoms. The highest BCUT2D eigenvalue weighted by Crippen LogP contribution is 2.44. The van der Waals surface area contributed by atoms with Crippen LogP contribution in [0.1, 0.15) is 47.8 Å². The number of aryl methyl sites for hydroxylation is 1. The monoisotopic (exact) mass is 300 g/mol. The molecule has 0 bridgehead atoms. The fourth-order valence-corrected chi connectivity index (χ4v) is 3.47. The van der Waals surface area contributed by atoms with Gasteiger partial charge in [0.25, 0.3) is 0 Å². The van der Waals surface area contributed by atoms with E-state index in [1.54, 1.807) is 0 Å². The lowest BCUT2D eigenvalue weighted by Gasteiger charge is -2.29. The van der Waals surface area contributed by atoms with Crippen LogP contribution in [0.15, 0.2) is 48.5 Å². The SMILES string of the molecule is CCCc1ccc(C(Cl)C2CCOc3ccccc32)cc1. The minimum atomic E-state index is 0.00530. The summed E-state index contributed by atoms with van der Waals surface area (Å²) in [5, 5.41) is 0.00530. The average molecular weight is 301 g/mol. The second-order valence-corrected chi connectivity index (χ2v) is 6.14. The van der Waals surface area contributed by atoms with Crippen molar-refractivity contribution in [3.63, 3.8) is 0 Å². The molecule has 0 saturated heterocycles. The summed E-state index contributed by atoms with van der Waals surface area (Å²) in [6.07, 6.45) is 3.28. The van der Waals surface area contributed by atoms with Crippen molar-refractivity contribution in [1.82, 2.24) is 0 Å². The molecule has 1 aliphatic heterocycles.